The van der Waals surface area contributed by atoms with Gasteiger partial charge in [-0.15, -0.1) is 0 Å². The van der Waals surface area contributed by atoms with Crippen molar-refractivity contribution in [3.05, 3.63) is 48.0 Å². The number of hydrogen-bond donors (Lipinski definition) is 2. The molecule has 5 heteroatoms. The molecule has 0 heterocycles. The molecule has 0 bridgehead atoms. The third-order valence-electron chi connectivity index (χ3n) is 2.18. The first-order valence-corrected chi connectivity index (χ1v) is 5.66. The van der Waals surface area contributed by atoms with E-state index < -0.39 is 11.6 Å². The maximum absolute atomic E-state index is 13.4. The van der Waals surface area contributed by atoms with Crippen LogP contribution in [0.25, 0.3) is 0 Å². The van der Waals surface area contributed by atoms with Gasteiger partial charge >= 0.3 is 0 Å². The number of nitrogen functional groups attached to an aromatic ring is 2. The van der Waals surface area contributed by atoms with Crippen molar-refractivity contribution in [2.24, 2.45) is 0 Å². The SMILES string of the molecule is Nc1ccc(Sc2cc(F)ccc2F)cc1N. The van der Waals surface area contributed by atoms with Crippen molar-refractivity contribution in [2.75, 3.05) is 11.5 Å². The van der Waals surface area contributed by atoms with Gasteiger partial charge < -0.3 is 11.5 Å². The van der Waals surface area contributed by atoms with Crippen molar-refractivity contribution in [1.82, 2.24) is 0 Å². The Morgan fingerprint density at radius 3 is 2.35 bits per heavy atom. The standard InChI is InChI=1S/C12H10F2N2S/c13-7-1-3-9(14)12(5-7)17-8-2-4-10(15)11(16)6-8/h1-6H,15-16H2. The van der Waals surface area contributed by atoms with Gasteiger partial charge in [0.05, 0.1) is 16.3 Å². The third kappa shape index (κ3) is 2.68. The highest BCUT2D eigenvalue weighted by Crippen LogP contribution is 2.32. The van der Waals surface area contributed by atoms with E-state index in [9.17, 15) is 8.78 Å². The fourth-order valence-corrected chi connectivity index (χ4v) is 2.21. The molecule has 0 amide bonds. The molecule has 0 aromatic heterocycles. The van der Waals surface area contributed by atoms with Gasteiger partial charge in [0, 0.05) is 4.90 Å². The molecule has 0 spiro atoms. The highest BCUT2D eigenvalue weighted by atomic mass is 32.2. The summed E-state index contributed by atoms with van der Waals surface area (Å²) in [6, 6.07) is 8.29. The first-order chi connectivity index (χ1) is 8.06. The second-order valence-corrected chi connectivity index (χ2v) is 4.58. The van der Waals surface area contributed by atoms with E-state index in [2.05, 4.69) is 0 Å². The summed E-state index contributed by atoms with van der Waals surface area (Å²) in [6.45, 7) is 0. The zero-order valence-electron chi connectivity index (χ0n) is 8.78. The summed E-state index contributed by atoms with van der Waals surface area (Å²) in [5.41, 5.74) is 12.1. The van der Waals surface area contributed by atoms with Crippen LogP contribution in [0.5, 0.6) is 0 Å². The van der Waals surface area contributed by atoms with Crippen LogP contribution in [0.15, 0.2) is 46.2 Å². The van der Waals surface area contributed by atoms with Gasteiger partial charge in [-0.1, -0.05) is 11.8 Å². The third-order valence-corrected chi connectivity index (χ3v) is 3.20. The molecule has 0 saturated heterocycles. The van der Waals surface area contributed by atoms with Gasteiger partial charge in [-0.2, -0.15) is 0 Å². The van der Waals surface area contributed by atoms with E-state index in [-0.39, 0.29) is 4.90 Å². The first kappa shape index (κ1) is 11.7. The van der Waals surface area contributed by atoms with Gasteiger partial charge in [-0.05, 0) is 36.4 Å². The van der Waals surface area contributed by atoms with Gasteiger partial charge in [0.2, 0.25) is 0 Å². The maximum atomic E-state index is 13.4. The summed E-state index contributed by atoms with van der Waals surface area (Å²) in [5, 5.41) is 0. The highest BCUT2D eigenvalue weighted by molar-refractivity contribution is 7.99. The quantitative estimate of drug-likeness (QED) is 0.806. The number of rotatable bonds is 2. The van der Waals surface area contributed by atoms with Crippen LogP contribution < -0.4 is 11.5 Å². The average molecular weight is 252 g/mol. The molecule has 4 N–H and O–H groups in total. The summed E-state index contributed by atoms with van der Waals surface area (Å²) in [7, 11) is 0. The highest BCUT2D eigenvalue weighted by Gasteiger charge is 2.06. The molecule has 0 aliphatic rings. The van der Waals surface area contributed by atoms with Crippen molar-refractivity contribution < 1.29 is 8.78 Å². The minimum absolute atomic E-state index is 0.217. The molecule has 2 nitrogen and oxygen atoms in total. The fraction of sp³-hybridized carbons (Fsp3) is 0. The van der Waals surface area contributed by atoms with Crippen molar-refractivity contribution in [3.8, 4) is 0 Å². The number of halogens is 2. The lowest BCUT2D eigenvalue weighted by molar-refractivity contribution is 0.577. The van der Waals surface area contributed by atoms with Crippen molar-refractivity contribution in [2.45, 2.75) is 9.79 Å². The van der Waals surface area contributed by atoms with E-state index in [0.717, 1.165) is 30.0 Å². The Morgan fingerprint density at radius 2 is 1.65 bits per heavy atom. The van der Waals surface area contributed by atoms with Gasteiger partial charge in [0.1, 0.15) is 11.6 Å². The summed E-state index contributed by atoms with van der Waals surface area (Å²) in [4.78, 5) is 0.926. The maximum Gasteiger partial charge on any atom is 0.137 e. The summed E-state index contributed by atoms with van der Waals surface area (Å²) >= 11 is 1.10. The lowest BCUT2D eigenvalue weighted by atomic mass is 10.3. The Morgan fingerprint density at radius 1 is 0.882 bits per heavy atom. The van der Waals surface area contributed by atoms with Crippen molar-refractivity contribution >= 4 is 23.1 Å². The molecular weight excluding hydrogens is 242 g/mol. The van der Waals surface area contributed by atoms with E-state index in [1.165, 1.54) is 0 Å². The van der Waals surface area contributed by atoms with Crippen LogP contribution in [-0.4, -0.2) is 0 Å². The Bertz CT molecular complexity index is 558. The Labute approximate surface area is 102 Å². The van der Waals surface area contributed by atoms with Crippen LogP contribution in [-0.2, 0) is 0 Å². The lowest BCUT2D eigenvalue weighted by Gasteiger charge is -2.05. The van der Waals surface area contributed by atoms with Crippen LogP contribution in [0.1, 0.15) is 0 Å². The van der Waals surface area contributed by atoms with E-state index in [1.807, 2.05) is 0 Å². The molecule has 0 fully saturated rings. The Hall–Kier alpha value is -1.75. The monoisotopic (exact) mass is 252 g/mol. The second kappa shape index (κ2) is 4.63. The van der Waals surface area contributed by atoms with Crippen molar-refractivity contribution in [1.29, 1.82) is 0 Å². The molecule has 0 radical (unpaired) electrons. The zero-order chi connectivity index (χ0) is 12.4. The number of nitrogens with two attached hydrogens (primary N) is 2. The number of anilines is 2. The molecule has 2 aromatic carbocycles. The number of benzene rings is 2. The topological polar surface area (TPSA) is 52.0 Å². The van der Waals surface area contributed by atoms with Gasteiger partial charge in [0.15, 0.2) is 0 Å². The van der Waals surface area contributed by atoms with E-state index in [1.54, 1.807) is 18.2 Å². The molecule has 0 aliphatic carbocycles. The smallest absolute Gasteiger partial charge is 0.137 e. The van der Waals surface area contributed by atoms with Crippen LogP contribution >= 0.6 is 11.8 Å². The van der Waals surface area contributed by atoms with Gasteiger partial charge in [-0.25, -0.2) is 8.78 Å². The van der Waals surface area contributed by atoms with Crippen LogP contribution in [0.3, 0.4) is 0 Å². The molecule has 0 aliphatic heterocycles. The molecule has 0 unspecified atom stereocenters. The number of hydrogen-bond acceptors (Lipinski definition) is 3. The van der Waals surface area contributed by atoms with Gasteiger partial charge in [0.25, 0.3) is 0 Å². The largest absolute Gasteiger partial charge is 0.397 e. The van der Waals surface area contributed by atoms with Crippen molar-refractivity contribution in [3.63, 3.8) is 0 Å². The minimum atomic E-state index is -0.475. The summed E-state index contributed by atoms with van der Waals surface area (Å²) in [5.74, 6) is -0.941. The van der Waals surface area contributed by atoms with Crippen LogP contribution in [0, 0.1) is 11.6 Å². The average Bonchev–Trinajstić information content (AvgIpc) is 2.29. The van der Waals surface area contributed by atoms with E-state index >= 15 is 0 Å². The van der Waals surface area contributed by atoms with Gasteiger partial charge in [-0.3, -0.25) is 0 Å². The summed E-state index contributed by atoms with van der Waals surface area (Å²) < 4.78 is 26.4. The lowest BCUT2D eigenvalue weighted by Crippen LogP contribution is -1.94. The van der Waals surface area contributed by atoms with E-state index in [4.69, 9.17) is 11.5 Å². The minimum Gasteiger partial charge on any atom is -0.397 e. The molecule has 2 rings (SSSR count). The molecule has 88 valence electrons. The predicted octanol–water partition coefficient (Wildman–Crippen LogP) is 3.28. The molecule has 2 aromatic rings. The fourth-order valence-electron chi connectivity index (χ4n) is 1.30. The zero-order valence-corrected chi connectivity index (χ0v) is 9.60. The molecular formula is C12H10F2N2S. The predicted molar refractivity (Wildman–Crippen MR) is 65.7 cm³/mol. The van der Waals surface area contributed by atoms with E-state index in [0.29, 0.717) is 16.3 Å². The second-order valence-electron chi connectivity index (χ2n) is 3.47. The summed E-state index contributed by atoms with van der Waals surface area (Å²) in [6.07, 6.45) is 0. The van der Waals surface area contributed by atoms with Crippen LogP contribution in [0.2, 0.25) is 0 Å². The Balaban J connectivity index is 2.31. The molecule has 0 atom stereocenters. The van der Waals surface area contributed by atoms with Crippen LogP contribution in [0.4, 0.5) is 20.2 Å². The first-order valence-electron chi connectivity index (χ1n) is 4.84. The normalized spacial score (nSPS) is 10.5. The molecule has 17 heavy (non-hydrogen) atoms. The molecule has 0 saturated carbocycles. The Kier molecular flexibility index (Phi) is 3.19.